The molecule has 0 saturated carbocycles. The Morgan fingerprint density at radius 3 is 2.30 bits per heavy atom. The summed E-state index contributed by atoms with van der Waals surface area (Å²) in [6.45, 7) is 4.97. The van der Waals surface area contributed by atoms with Gasteiger partial charge in [-0.3, -0.25) is 4.90 Å². The van der Waals surface area contributed by atoms with Gasteiger partial charge in [-0.1, -0.05) is 18.2 Å². The second-order valence-electron chi connectivity index (χ2n) is 9.25. The molecule has 3 aromatic rings. The van der Waals surface area contributed by atoms with Crippen LogP contribution in [0.3, 0.4) is 0 Å². The molecule has 37 heavy (non-hydrogen) atoms. The van der Waals surface area contributed by atoms with E-state index in [9.17, 15) is 21.6 Å². The fourth-order valence-corrected chi connectivity index (χ4v) is 6.19. The van der Waals surface area contributed by atoms with Gasteiger partial charge in [0.05, 0.1) is 24.1 Å². The number of rotatable bonds is 3. The summed E-state index contributed by atoms with van der Waals surface area (Å²) in [7, 11) is -1.84. The van der Waals surface area contributed by atoms with Crippen molar-refractivity contribution in [2.75, 3.05) is 26.7 Å². The molecular formula is C24H27F3N4O5S. The normalized spacial score (nSPS) is 19.2. The lowest BCUT2D eigenvalue weighted by Gasteiger charge is -2.45. The Hall–Kier alpha value is -3.16. The Labute approximate surface area is 212 Å². The summed E-state index contributed by atoms with van der Waals surface area (Å²) < 4.78 is 66.7. The third-order valence-corrected chi connectivity index (χ3v) is 8.45. The van der Waals surface area contributed by atoms with Gasteiger partial charge in [-0.2, -0.15) is 22.6 Å². The van der Waals surface area contributed by atoms with E-state index in [0.29, 0.717) is 11.4 Å². The molecule has 0 aliphatic carbocycles. The van der Waals surface area contributed by atoms with Crippen molar-refractivity contribution in [2.24, 2.45) is 0 Å². The molecule has 2 aliphatic rings. The molecule has 2 aliphatic heterocycles. The molecule has 0 atom stereocenters. The quantitative estimate of drug-likeness (QED) is 0.541. The lowest BCUT2D eigenvalue weighted by Crippen LogP contribution is -2.52. The first-order valence-corrected chi connectivity index (χ1v) is 13.0. The Kier molecular flexibility index (Phi) is 7.23. The lowest BCUT2D eigenvalue weighted by atomic mass is 9.75. The van der Waals surface area contributed by atoms with Crippen molar-refractivity contribution in [1.82, 2.24) is 19.0 Å². The Morgan fingerprint density at radius 2 is 1.76 bits per heavy atom. The largest absolute Gasteiger partial charge is 0.490 e. The maximum atomic E-state index is 13.0. The van der Waals surface area contributed by atoms with E-state index >= 15 is 0 Å². The number of piperidine rings is 1. The summed E-state index contributed by atoms with van der Waals surface area (Å²) in [6, 6.07) is 13.7. The highest BCUT2D eigenvalue weighted by atomic mass is 32.2. The number of hydrogen-bond acceptors (Lipinski definition) is 6. The molecule has 0 unspecified atom stereocenters. The SMILES string of the molecule is Cc1ccc(CN2CCC3(CC2)CN(C)S(=O)(=O)c2cn(-c4ccccc4)nc23)o1.O=C(O)C(F)(F)F. The number of carbonyl (C=O) groups is 1. The van der Waals surface area contributed by atoms with E-state index in [1.54, 1.807) is 17.9 Å². The average Bonchev–Trinajstić information content (AvgIpc) is 3.48. The van der Waals surface area contributed by atoms with Crippen LogP contribution in [0.1, 0.15) is 30.1 Å². The molecule has 1 aromatic carbocycles. The van der Waals surface area contributed by atoms with Crippen LogP contribution >= 0.6 is 0 Å². The molecule has 1 N–H and O–H groups in total. The second-order valence-corrected chi connectivity index (χ2v) is 11.3. The van der Waals surface area contributed by atoms with E-state index in [4.69, 9.17) is 19.4 Å². The smallest absolute Gasteiger partial charge is 0.475 e. The summed E-state index contributed by atoms with van der Waals surface area (Å²) in [5.41, 5.74) is 1.33. The predicted molar refractivity (Wildman–Crippen MR) is 127 cm³/mol. The highest BCUT2D eigenvalue weighted by Gasteiger charge is 2.49. The van der Waals surface area contributed by atoms with Gasteiger partial charge in [-0.05, 0) is 57.1 Å². The van der Waals surface area contributed by atoms with Gasteiger partial charge < -0.3 is 9.52 Å². The minimum Gasteiger partial charge on any atom is -0.475 e. The summed E-state index contributed by atoms with van der Waals surface area (Å²) in [5, 5.41) is 11.9. The van der Waals surface area contributed by atoms with Crippen LogP contribution in [0, 0.1) is 6.92 Å². The van der Waals surface area contributed by atoms with Gasteiger partial charge in [-0.25, -0.2) is 17.9 Å². The first kappa shape index (κ1) is 26.9. The maximum Gasteiger partial charge on any atom is 0.490 e. The van der Waals surface area contributed by atoms with Gasteiger partial charge in [0.15, 0.2) is 0 Å². The van der Waals surface area contributed by atoms with Crippen LogP contribution < -0.4 is 0 Å². The van der Waals surface area contributed by atoms with Crippen molar-refractivity contribution in [3.8, 4) is 5.69 Å². The first-order valence-electron chi connectivity index (χ1n) is 11.5. The fourth-order valence-electron chi connectivity index (χ4n) is 4.71. The Balaban J connectivity index is 0.000000405. The van der Waals surface area contributed by atoms with E-state index in [1.807, 2.05) is 49.4 Å². The molecule has 0 radical (unpaired) electrons. The minimum absolute atomic E-state index is 0.259. The van der Waals surface area contributed by atoms with Crippen molar-refractivity contribution in [1.29, 1.82) is 0 Å². The lowest BCUT2D eigenvalue weighted by molar-refractivity contribution is -0.192. The zero-order valence-corrected chi connectivity index (χ0v) is 21.1. The van der Waals surface area contributed by atoms with Crippen LogP contribution in [0.5, 0.6) is 0 Å². The van der Waals surface area contributed by atoms with Crippen molar-refractivity contribution < 1.29 is 35.9 Å². The van der Waals surface area contributed by atoms with Crippen LogP contribution in [0.2, 0.25) is 0 Å². The number of furan rings is 1. The number of nitrogens with zero attached hydrogens (tertiary/aromatic N) is 4. The number of alkyl halides is 3. The zero-order chi connectivity index (χ0) is 27.0. The van der Waals surface area contributed by atoms with E-state index in [2.05, 4.69) is 4.90 Å². The Morgan fingerprint density at radius 1 is 1.14 bits per heavy atom. The standard InChI is InChI=1S/C22H26N4O3S.C2HF3O2/c1-17-8-9-19(29-17)14-25-12-10-22(11-13-25)16-24(2)30(27,28)20-15-26(23-21(20)22)18-6-4-3-5-7-18;3-2(4,5)1(6)7/h3-9,15H,10-14,16H2,1-2H3;(H,6,7). The number of fused-ring (bicyclic) bond motifs is 2. The topological polar surface area (TPSA) is 109 Å². The molecule has 200 valence electrons. The number of likely N-dealkylation sites (N-methyl/N-ethyl adjacent to an activating group) is 1. The van der Waals surface area contributed by atoms with Crippen LogP contribution in [0.15, 0.2) is 58.0 Å². The predicted octanol–water partition coefficient (Wildman–Crippen LogP) is 3.57. The Bertz CT molecular complexity index is 1360. The number of likely N-dealkylation sites (tertiary alicyclic amines) is 1. The van der Waals surface area contributed by atoms with Crippen LogP contribution in [-0.4, -0.2) is 71.3 Å². The van der Waals surface area contributed by atoms with Gasteiger partial charge in [0.2, 0.25) is 10.0 Å². The van der Waals surface area contributed by atoms with E-state index in [-0.39, 0.29) is 5.41 Å². The third kappa shape index (κ3) is 5.58. The van der Waals surface area contributed by atoms with Gasteiger partial charge in [0, 0.05) is 19.0 Å². The molecule has 1 fully saturated rings. The number of benzene rings is 1. The van der Waals surface area contributed by atoms with Crippen molar-refractivity contribution >= 4 is 16.0 Å². The van der Waals surface area contributed by atoms with Crippen LogP contribution in [0.25, 0.3) is 5.69 Å². The fraction of sp³-hybridized carbons (Fsp3) is 0.417. The molecule has 13 heteroatoms. The first-order chi connectivity index (χ1) is 17.3. The molecule has 1 spiro atoms. The number of para-hydroxylation sites is 1. The number of aliphatic carboxylic acids is 1. The van der Waals surface area contributed by atoms with Crippen LogP contribution in [0.4, 0.5) is 13.2 Å². The maximum absolute atomic E-state index is 13.0. The number of aromatic nitrogens is 2. The number of hydrogen-bond donors (Lipinski definition) is 1. The number of carboxylic acid groups (broad SMARTS) is 1. The number of carboxylic acids is 1. The monoisotopic (exact) mass is 540 g/mol. The highest BCUT2D eigenvalue weighted by molar-refractivity contribution is 7.89. The summed E-state index contributed by atoms with van der Waals surface area (Å²) in [5.74, 6) is -0.859. The second kappa shape index (κ2) is 9.95. The van der Waals surface area contributed by atoms with Crippen LogP contribution in [-0.2, 0) is 26.8 Å². The highest BCUT2D eigenvalue weighted by Crippen LogP contribution is 2.43. The average molecular weight is 541 g/mol. The zero-order valence-electron chi connectivity index (χ0n) is 20.3. The third-order valence-electron chi connectivity index (χ3n) is 6.65. The molecule has 9 nitrogen and oxygen atoms in total. The number of sulfonamides is 1. The van der Waals surface area contributed by atoms with Crippen molar-refractivity contribution in [3.63, 3.8) is 0 Å². The minimum atomic E-state index is -5.08. The van der Waals surface area contributed by atoms with E-state index in [0.717, 1.165) is 55.4 Å². The molecule has 4 heterocycles. The van der Waals surface area contributed by atoms with Gasteiger partial charge >= 0.3 is 12.1 Å². The summed E-state index contributed by atoms with van der Waals surface area (Å²) in [4.78, 5) is 11.6. The van der Waals surface area contributed by atoms with Gasteiger partial charge in [0.1, 0.15) is 16.4 Å². The summed E-state index contributed by atoms with van der Waals surface area (Å²) >= 11 is 0. The number of aryl methyl sites for hydroxylation is 1. The van der Waals surface area contributed by atoms with Crippen molar-refractivity contribution in [2.45, 2.75) is 42.8 Å². The molecule has 1 saturated heterocycles. The molecule has 0 amide bonds. The molecular weight excluding hydrogens is 513 g/mol. The van der Waals surface area contributed by atoms with E-state index in [1.165, 1.54) is 4.31 Å². The van der Waals surface area contributed by atoms with E-state index < -0.39 is 22.2 Å². The van der Waals surface area contributed by atoms with Crippen molar-refractivity contribution in [3.05, 3.63) is 65.9 Å². The molecule has 0 bridgehead atoms. The number of halogens is 3. The molecule has 5 rings (SSSR count). The van der Waals surface area contributed by atoms with Gasteiger partial charge in [0.25, 0.3) is 0 Å². The molecule has 2 aromatic heterocycles. The summed E-state index contributed by atoms with van der Waals surface area (Å²) in [6.07, 6.45) is -1.67. The van der Waals surface area contributed by atoms with Gasteiger partial charge in [-0.15, -0.1) is 0 Å².